The Morgan fingerprint density at radius 1 is 1.08 bits per heavy atom. The highest BCUT2D eigenvalue weighted by Gasteiger charge is 2.48. The molecule has 0 saturated carbocycles. The van der Waals surface area contributed by atoms with Gasteiger partial charge in [-0.05, 0) is 73.4 Å². The molecule has 3 aromatic carbocycles. The summed E-state index contributed by atoms with van der Waals surface area (Å²) in [5.41, 5.74) is 4.29. The fraction of sp³-hybridized carbons (Fsp3) is 0.250. The van der Waals surface area contributed by atoms with Crippen molar-refractivity contribution in [1.29, 1.82) is 0 Å². The number of aromatic nitrogens is 1. The molecule has 1 fully saturated rings. The molecule has 200 valence electrons. The van der Waals surface area contributed by atoms with Gasteiger partial charge in [0, 0.05) is 33.9 Å². The Hall–Kier alpha value is -4.52. The first-order valence-electron chi connectivity index (χ1n) is 13.1. The summed E-state index contributed by atoms with van der Waals surface area (Å²) < 4.78 is 11.1. The highest BCUT2D eigenvalue weighted by molar-refractivity contribution is 6.52. The molecular formula is C32H32N2O5. The summed E-state index contributed by atoms with van der Waals surface area (Å²) in [4.78, 5) is 32.0. The number of ketones is 1. The van der Waals surface area contributed by atoms with Crippen LogP contribution in [-0.4, -0.2) is 35.5 Å². The Morgan fingerprint density at radius 3 is 2.46 bits per heavy atom. The fourth-order valence-corrected chi connectivity index (χ4v) is 5.31. The Bertz CT molecular complexity index is 1600. The predicted molar refractivity (Wildman–Crippen MR) is 153 cm³/mol. The number of carbonyl (C=O) groups is 2. The van der Waals surface area contributed by atoms with Crippen LogP contribution in [0.4, 0.5) is 5.69 Å². The number of amides is 1. The quantitative estimate of drug-likeness (QED) is 0.161. The summed E-state index contributed by atoms with van der Waals surface area (Å²) in [6, 6.07) is 17.6. The average Bonchev–Trinajstić information content (AvgIpc) is 3.47. The van der Waals surface area contributed by atoms with Crippen molar-refractivity contribution in [3.8, 4) is 11.5 Å². The number of ether oxygens (including phenoxy) is 2. The van der Waals surface area contributed by atoms with Crippen LogP contribution >= 0.6 is 0 Å². The van der Waals surface area contributed by atoms with Crippen molar-refractivity contribution in [2.45, 2.75) is 39.7 Å². The molecule has 4 aromatic rings. The lowest BCUT2D eigenvalue weighted by atomic mass is 9.91. The largest absolute Gasteiger partial charge is 0.507 e. The molecule has 7 nitrogen and oxygen atoms in total. The van der Waals surface area contributed by atoms with Crippen molar-refractivity contribution >= 4 is 34.0 Å². The number of para-hydroxylation sites is 1. The number of benzene rings is 3. The average molecular weight is 525 g/mol. The molecule has 5 rings (SSSR count). The maximum atomic E-state index is 13.7. The normalized spacial score (nSPS) is 16.9. The SMILES string of the molecule is CCOc1ccc(N2C(=O)C(=O)/C(=C(/O)c3cc(C(C)C)c(OC)cc3C)C2c2c[nH]c3ccccc23)cc1. The number of aliphatic hydroxyl groups is 1. The van der Waals surface area contributed by atoms with Crippen molar-refractivity contribution in [2.24, 2.45) is 0 Å². The van der Waals surface area contributed by atoms with E-state index in [4.69, 9.17) is 9.47 Å². The van der Waals surface area contributed by atoms with Crippen LogP contribution in [0.1, 0.15) is 55.0 Å². The molecule has 2 heterocycles. The van der Waals surface area contributed by atoms with Crippen LogP contribution in [0.2, 0.25) is 0 Å². The van der Waals surface area contributed by atoms with Gasteiger partial charge in [-0.25, -0.2) is 0 Å². The molecule has 2 N–H and O–H groups in total. The fourth-order valence-electron chi connectivity index (χ4n) is 5.31. The molecule has 1 aliphatic heterocycles. The number of methoxy groups -OCH3 is 1. The number of nitrogens with zero attached hydrogens (tertiary/aromatic N) is 1. The van der Waals surface area contributed by atoms with Crippen LogP contribution in [0.5, 0.6) is 11.5 Å². The summed E-state index contributed by atoms with van der Waals surface area (Å²) in [7, 11) is 1.61. The third-order valence-corrected chi connectivity index (χ3v) is 7.24. The minimum Gasteiger partial charge on any atom is -0.507 e. The number of carbonyl (C=O) groups excluding carboxylic acids is 2. The number of Topliss-reactive ketones (excluding diaryl/α,β-unsaturated/α-hetero) is 1. The number of aryl methyl sites for hydroxylation is 1. The van der Waals surface area contributed by atoms with Crippen LogP contribution in [0.3, 0.4) is 0 Å². The van der Waals surface area contributed by atoms with Gasteiger partial charge in [-0.2, -0.15) is 0 Å². The lowest BCUT2D eigenvalue weighted by Crippen LogP contribution is -2.29. The number of fused-ring (bicyclic) bond motifs is 1. The zero-order valence-corrected chi connectivity index (χ0v) is 22.7. The van der Waals surface area contributed by atoms with Gasteiger partial charge in [0.05, 0.1) is 25.3 Å². The first-order chi connectivity index (χ1) is 18.8. The van der Waals surface area contributed by atoms with Gasteiger partial charge in [-0.1, -0.05) is 32.0 Å². The van der Waals surface area contributed by atoms with E-state index in [0.717, 1.165) is 27.6 Å². The van der Waals surface area contributed by atoms with Gasteiger partial charge >= 0.3 is 0 Å². The zero-order valence-electron chi connectivity index (χ0n) is 22.7. The summed E-state index contributed by atoms with van der Waals surface area (Å²) in [6.07, 6.45) is 1.80. The molecule has 0 bridgehead atoms. The van der Waals surface area contributed by atoms with Crippen molar-refractivity contribution < 1.29 is 24.2 Å². The Labute approximate surface area is 227 Å². The predicted octanol–water partition coefficient (Wildman–Crippen LogP) is 6.63. The summed E-state index contributed by atoms with van der Waals surface area (Å²) in [6.45, 7) is 8.33. The molecule has 1 aromatic heterocycles. The van der Waals surface area contributed by atoms with Crippen LogP contribution < -0.4 is 14.4 Å². The third-order valence-electron chi connectivity index (χ3n) is 7.24. The van der Waals surface area contributed by atoms with Crippen LogP contribution in [-0.2, 0) is 9.59 Å². The van der Waals surface area contributed by atoms with E-state index in [9.17, 15) is 14.7 Å². The second-order valence-corrected chi connectivity index (χ2v) is 9.95. The van der Waals surface area contributed by atoms with Crippen molar-refractivity contribution in [1.82, 2.24) is 4.98 Å². The van der Waals surface area contributed by atoms with Gasteiger partial charge in [0.2, 0.25) is 0 Å². The smallest absolute Gasteiger partial charge is 0.300 e. The molecule has 1 unspecified atom stereocenters. The molecule has 1 saturated heterocycles. The number of hydrogen-bond acceptors (Lipinski definition) is 5. The molecule has 0 radical (unpaired) electrons. The Morgan fingerprint density at radius 2 is 1.79 bits per heavy atom. The van der Waals surface area contributed by atoms with E-state index in [-0.39, 0.29) is 17.3 Å². The second kappa shape index (κ2) is 10.3. The molecule has 1 amide bonds. The molecule has 7 heteroatoms. The molecule has 0 aliphatic carbocycles. The monoisotopic (exact) mass is 524 g/mol. The second-order valence-electron chi connectivity index (χ2n) is 9.95. The lowest BCUT2D eigenvalue weighted by Gasteiger charge is -2.25. The number of H-pyrrole nitrogens is 1. The summed E-state index contributed by atoms with van der Waals surface area (Å²) in [5.74, 6) is -0.162. The van der Waals surface area contributed by atoms with E-state index in [0.29, 0.717) is 29.4 Å². The van der Waals surface area contributed by atoms with Crippen LogP contribution in [0.15, 0.2) is 72.4 Å². The topological polar surface area (TPSA) is 91.9 Å². The number of aromatic amines is 1. The highest BCUT2D eigenvalue weighted by Crippen LogP contribution is 2.45. The molecular weight excluding hydrogens is 492 g/mol. The Balaban J connectivity index is 1.76. The van der Waals surface area contributed by atoms with Crippen LogP contribution in [0.25, 0.3) is 16.7 Å². The molecule has 1 atom stereocenters. The van der Waals surface area contributed by atoms with E-state index in [1.54, 1.807) is 37.6 Å². The molecule has 39 heavy (non-hydrogen) atoms. The lowest BCUT2D eigenvalue weighted by molar-refractivity contribution is -0.132. The standard InChI is InChI=1S/C32H32N2O5/c1-6-39-21-13-11-20(12-14-21)34-29(25-17-33-26-10-8-7-9-22(25)26)28(31(36)32(34)37)30(35)24-16-23(18(2)3)27(38-5)15-19(24)4/h7-18,29,33,35H,6H2,1-5H3/b30-28+. The van der Waals surface area contributed by atoms with E-state index in [1.165, 1.54) is 4.90 Å². The van der Waals surface area contributed by atoms with Gasteiger partial charge in [0.25, 0.3) is 11.7 Å². The van der Waals surface area contributed by atoms with Gasteiger partial charge in [-0.15, -0.1) is 0 Å². The Kier molecular flexibility index (Phi) is 6.91. The minimum atomic E-state index is -0.844. The van der Waals surface area contributed by atoms with E-state index in [2.05, 4.69) is 4.98 Å². The maximum absolute atomic E-state index is 13.7. The van der Waals surface area contributed by atoms with Crippen LogP contribution in [0, 0.1) is 6.92 Å². The van der Waals surface area contributed by atoms with Gasteiger partial charge in [-0.3, -0.25) is 14.5 Å². The zero-order chi connectivity index (χ0) is 27.8. The van der Waals surface area contributed by atoms with E-state index < -0.39 is 17.7 Å². The van der Waals surface area contributed by atoms with Gasteiger partial charge < -0.3 is 19.6 Å². The van der Waals surface area contributed by atoms with Crippen molar-refractivity contribution in [3.63, 3.8) is 0 Å². The molecule has 1 aliphatic rings. The number of hydrogen-bond donors (Lipinski definition) is 2. The first kappa shape index (κ1) is 26.1. The maximum Gasteiger partial charge on any atom is 0.300 e. The van der Waals surface area contributed by atoms with Gasteiger partial charge in [0.1, 0.15) is 17.3 Å². The summed E-state index contributed by atoms with van der Waals surface area (Å²) >= 11 is 0. The number of nitrogens with one attached hydrogen (secondary N) is 1. The van der Waals surface area contributed by atoms with Gasteiger partial charge in [0.15, 0.2) is 0 Å². The molecule has 0 spiro atoms. The number of aliphatic hydroxyl groups excluding tert-OH is 1. The first-order valence-corrected chi connectivity index (χ1v) is 13.1. The minimum absolute atomic E-state index is 0.0432. The van der Waals surface area contributed by atoms with Crippen molar-refractivity contribution in [3.05, 3.63) is 94.7 Å². The highest BCUT2D eigenvalue weighted by atomic mass is 16.5. The van der Waals surface area contributed by atoms with Crippen molar-refractivity contribution in [2.75, 3.05) is 18.6 Å². The van der Waals surface area contributed by atoms with E-state index in [1.807, 2.05) is 64.1 Å². The summed E-state index contributed by atoms with van der Waals surface area (Å²) in [5, 5.41) is 12.6. The van der Waals surface area contributed by atoms with E-state index >= 15 is 0 Å². The number of anilines is 1. The third kappa shape index (κ3) is 4.44. The number of rotatable bonds is 7.